The number of carbonyl (C=O) groups excluding carboxylic acids is 1. The van der Waals surface area contributed by atoms with Crippen LogP contribution in [0.15, 0.2) is 18.3 Å². The Morgan fingerprint density at radius 1 is 1.40 bits per heavy atom. The fourth-order valence-electron chi connectivity index (χ4n) is 2.14. The maximum Gasteiger partial charge on any atom is 0.409 e. The second-order valence-corrected chi connectivity index (χ2v) is 5.11. The van der Waals surface area contributed by atoms with Crippen LogP contribution in [0.1, 0.15) is 19.8 Å². The molecule has 0 spiro atoms. The SMILES string of the molecule is CCCCOC(=O)N1CCN(c2cccnc2Cl)CC1. The molecule has 1 fully saturated rings. The topological polar surface area (TPSA) is 45.7 Å². The first-order valence-corrected chi connectivity index (χ1v) is 7.37. The number of anilines is 1. The third-order valence-corrected chi connectivity index (χ3v) is 3.63. The van der Waals surface area contributed by atoms with Crippen molar-refractivity contribution in [3.05, 3.63) is 23.5 Å². The number of halogens is 1. The Morgan fingerprint density at radius 3 is 2.80 bits per heavy atom. The molecule has 0 atom stereocenters. The van der Waals surface area contributed by atoms with E-state index in [1.54, 1.807) is 11.1 Å². The molecule has 6 heteroatoms. The summed E-state index contributed by atoms with van der Waals surface area (Å²) in [6.45, 7) is 5.36. The third-order valence-electron chi connectivity index (χ3n) is 3.34. The number of pyridine rings is 1. The smallest absolute Gasteiger partial charge is 0.409 e. The van der Waals surface area contributed by atoms with E-state index in [1.165, 1.54) is 0 Å². The second kappa shape index (κ2) is 7.33. The maximum absolute atomic E-state index is 11.8. The zero-order chi connectivity index (χ0) is 14.4. The van der Waals surface area contributed by atoms with E-state index in [0.29, 0.717) is 24.8 Å². The fraction of sp³-hybridized carbons (Fsp3) is 0.571. The first kappa shape index (κ1) is 14.9. The van der Waals surface area contributed by atoms with Gasteiger partial charge in [0.15, 0.2) is 5.15 Å². The number of hydrogen-bond acceptors (Lipinski definition) is 4. The van der Waals surface area contributed by atoms with Gasteiger partial charge in [-0.15, -0.1) is 0 Å². The van der Waals surface area contributed by atoms with Crippen molar-refractivity contribution < 1.29 is 9.53 Å². The largest absolute Gasteiger partial charge is 0.449 e. The van der Waals surface area contributed by atoms with E-state index in [4.69, 9.17) is 16.3 Å². The van der Waals surface area contributed by atoms with Crippen LogP contribution in [-0.2, 0) is 4.74 Å². The summed E-state index contributed by atoms with van der Waals surface area (Å²) in [5.41, 5.74) is 0.924. The zero-order valence-electron chi connectivity index (χ0n) is 11.7. The van der Waals surface area contributed by atoms with Crippen LogP contribution in [0.5, 0.6) is 0 Å². The van der Waals surface area contributed by atoms with Gasteiger partial charge in [-0.3, -0.25) is 0 Å². The monoisotopic (exact) mass is 297 g/mol. The van der Waals surface area contributed by atoms with Crippen LogP contribution in [0, 0.1) is 0 Å². The van der Waals surface area contributed by atoms with Crippen molar-refractivity contribution in [2.75, 3.05) is 37.7 Å². The van der Waals surface area contributed by atoms with E-state index < -0.39 is 0 Å². The first-order valence-electron chi connectivity index (χ1n) is 6.99. The lowest BCUT2D eigenvalue weighted by Gasteiger charge is -2.35. The predicted octanol–water partition coefficient (Wildman–Crippen LogP) is 2.79. The Labute approximate surface area is 124 Å². The van der Waals surface area contributed by atoms with Gasteiger partial charge in [-0.05, 0) is 18.6 Å². The summed E-state index contributed by atoms with van der Waals surface area (Å²) in [6, 6.07) is 3.82. The lowest BCUT2D eigenvalue weighted by Crippen LogP contribution is -2.49. The highest BCUT2D eigenvalue weighted by molar-refractivity contribution is 6.32. The number of nitrogens with zero attached hydrogens (tertiary/aromatic N) is 3. The molecule has 2 rings (SSSR count). The second-order valence-electron chi connectivity index (χ2n) is 4.76. The van der Waals surface area contributed by atoms with Crippen LogP contribution in [-0.4, -0.2) is 48.8 Å². The molecule has 20 heavy (non-hydrogen) atoms. The van der Waals surface area contributed by atoms with Crippen molar-refractivity contribution in [3.63, 3.8) is 0 Å². The average Bonchev–Trinajstić information content (AvgIpc) is 2.48. The molecule has 0 aromatic carbocycles. The maximum atomic E-state index is 11.8. The van der Waals surface area contributed by atoms with Crippen LogP contribution < -0.4 is 4.90 Å². The first-order chi connectivity index (χ1) is 9.72. The van der Waals surface area contributed by atoms with Crippen molar-refractivity contribution in [2.24, 2.45) is 0 Å². The normalized spacial score (nSPS) is 15.3. The van der Waals surface area contributed by atoms with E-state index in [-0.39, 0.29) is 6.09 Å². The quantitative estimate of drug-likeness (QED) is 0.633. The molecule has 0 N–H and O–H groups in total. The van der Waals surface area contributed by atoms with E-state index in [9.17, 15) is 4.79 Å². The molecule has 1 saturated heterocycles. The Hall–Kier alpha value is -1.49. The van der Waals surface area contributed by atoms with Gasteiger partial charge in [0.25, 0.3) is 0 Å². The minimum Gasteiger partial charge on any atom is -0.449 e. The van der Waals surface area contributed by atoms with Crippen LogP contribution in [0.3, 0.4) is 0 Å². The summed E-state index contributed by atoms with van der Waals surface area (Å²) >= 11 is 6.08. The molecule has 1 aliphatic rings. The Balaban J connectivity index is 1.83. The highest BCUT2D eigenvalue weighted by Gasteiger charge is 2.23. The average molecular weight is 298 g/mol. The highest BCUT2D eigenvalue weighted by atomic mass is 35.5. The number of piperazine rings is 1. The molecule has 0 saturated carbocycles. The third kappa shape index (κ3) is 3.76. The van der Waals surface area contributed by atoms with E-state index >= 15 is 0 Å². The highest BCUT2D eigenvalue weighted by Crippen LogP contribution is 2.23. The van der Waals surface area contributed by atoms with Crippen LogP contribution in [0.2, 0.25) is 5.15 Å². The van der Waals surface area contributed by atoms with Gasteiger partial charge in [0.1, 0.15) is 0 Å². The van der Waals surface area contributed by atoms with E-state index in [0.717, 1.165) is 31.6 Å². The molecular formula is C14H20ClN3O2. The predicted molar refractivity (Wildman–Crippen MR) is 79.3 cm³/mol. The molecule has 2 heterocycles. The van der Waals surface area contributed by atoms with Gasteiger partial charge in [0.2, 0.25) is 0 Å². The number of unbranched alkanes of at least 4 members (excludes halogenated alkanes) is 1. The lowest BCUT2D eigenvalue weighted by molar-refractivity contribution is 0.0989. The van der Waals surface area contributed by atoms with Gasteiger partial charge in [0.05, 0.1) is 12.3 Å². The van der Waals surface area contributed by atoms with Gasteiger partial charge in [-0.25, -0.2) is 9.78 Å². The molecule has 1 aliphatic heterocycles. The van der Waals surface area contributed by atoms with Gasteiger partial charge < -0.3 is 14.5 Å². The Kier molecular flexibility index (Phi) is 5.47. The van der Waals surface area contributed by atoms with Gasteiger partial charge in [-0.1, -0.05) is 24.9 Å². The van der Waals surface area contributed by atoms with Gasteiger partial charge in [0, 0.05) is 32.4 Å². The van der Waals surface area contributed by atoms with E-state index in [2.05, 4.69) is 16.8 Å². The van der Waals surface area contributed by atoms with Gasteiger partial charge >= 0.3 is 6.09 Å². The number of aromatic nitrogens is 1. The lowest BCUT2D eigenvalue weighted by atomic mass is 10.3. The summed E-state index contributed by atoms with van der Waals surface area (Å²) in [6.07, 6.45) is 3.40. The fourth-order valence-corrected chi connectivity index (χ4v) is 2.38. The molecule has 5 nitrogen and oxygen atoms in total. The molecule has 0 aliphatic carbocycles. The molecule has 0 bridgehead atoms. The minimum atomic E-state index is -0.213. The molecular weight excluding hydrogens is 278 g/mol. The number of ether oxygens (including phenoxy) is 1. The summed E-state index contributed by atoms with van der Waals surface area (Å²) in [5, 5.41) is 0.506. The minimum absolute atomic E-state index is 0.213. The molecule has 0 unspecified atom stereocenters. The number of amides is 1. The van der Waals surface area contributed by atoms with Crippen molar-refractivity contribution in [1.82, 2.24) is 9.88 Å². The summed E-state index contributed by atoms with van der Waals surface area (Å²) in [4.78, 5) is 19.8. The molecule has 1 amide bonds. The molecule has 110 valence electrons. The number of rotatable bonds is 4. The summed E-state index contributed by atoms with van der Waals surface area (Å²) in [5.74, 6) is 0. The molecule has 0 radical (unpaired) electrons. The molecule has 1 aromatic heterocycles. The van der Waals surface area contributed by atoms with Crippen molar-refractivity contribution in [2.45, 2.75) is 19.8 Å². The van der Waals surface area contributed by atoms with Crippen LogP contribution in [0.4, 0.5) is 10.5 Å². The summed E-state index contributed by atoms with van der Waals surface area (Å²) in [7, 11) is 0. The van der Waals surface area contributed by atoms with Gasteiger partial charge in [-0.2, -0.15) is 0 Å². The van der Waals surface area contributed by atoms with Crippen LogP contribution in [0.25, 0.3) is 0 Å². The van der Waals surface area contributed by atoms with Crippen molar-refractivity contribution in [3.8, 4) is 0 Å². The standard InChI is InChI=1S/C14H20ClN3O2/c1-2-3-11-20-14(19)18-9-7-17(8-10-18)12-5-4-6-16-13(12)15/h4-6H,2-3,7-11H2,1H3. The number of hydrogen-bond donors (Lipinski definition) is 0. The van der Waals surface area contributed by atoms with Crippen LogP contribution >= 0.6 is 11.6 Å². The van der Waals surface area contributed by atoms with E-state index in [1.807, 2.05) is 12.1 Å². The number of carbonyl (C=O) groups is 1. The van der Waals surface area contributed by atoms with Crippen molar-refractivity contribution >= 4 is 23.4 Å². The summed E-state index contributed by atoms with van der Waals surface area (Å²) < 4.78 is 5.22. The zero-order valence-corrected chi connectivity index (χ0v) is 12.5. The Morgan fingerprint density at radius 2 is 2.15 bits per heavy atom. The Bertz CT molecular complexity index is 448. The molecule has 1 aromatic rings. The van der Waals surface area contributed by atoms with Crippen molar-refractivity contribution in [1.29, 1.82) is 0 Å².